The van der Waals surface area contributed by atoms with Gasteiger partial charge in [0.2, 0.25) is 0 Å². The first kappa shape index (κ1) is 9.08. The Kier molecular flexibility index (Phi) is 4.46. The van der Waals surface area contributed by atoms with Crippen molar-refractivity contribution in [1.82, 2.24) is 0 Å². The van der Waals surface area contributed by atoms with Gasteiger partial charge in [0.25, 0.3) is 0 Å². The lowest BCUT2D eigenvalue weighted by Crippen LogP contribution is -1.95. The number of carbonyl (C=O) groups excluding carboxylic acids is 2. The molecule has 0 aromatic rings. The molecular formula is C8H12O2. The van der Waals surface area contributed by atoms with Gasteiger partial charge in [0.1, 0.15) is 5.78 Å². The average molecular weight is 140 g/mol. The van der Waals surface area contributed by atoms with Crippen molar-refractivity contribution >= 4 is 11.6 Å². The van der Waals surface area contributed by atoms with E-state index in [0.717, 1.165) is 0 Å². The van der Waals surface area contributed by atoms with Crippen LogP contribution in [-0.4, -0.2) is 11.6 Å². The van der Waals surface area contributed by atoms with Gasteiger partial charge in [-0.3, -0.25) is 4.79 Å². The second-order valence-corrected chi connectivity index (χ2v) is 2.23. The van der Waals surface area contributed by atoms with Crippen LogP contribution in [0, 0.1) is 0 Å². The highest BCUT2D eigenvalue weighted by molar-refractivity contribution is 5.89. The van der Waals surface area contributed by atoms with Gasteiger partial charge >= 0.3 is 0 Å². The van der Waals surface area contributed by atoms with Gasteiger partial charge in [-0.2, -0.15) is 0 Å². The van der Waals surface area contributed by atoms with Crippen molar-refractivity contribution in [2.45, 2.75) is 26.2 Å². The molecular weight excluding hydrogens is 128 g/mol. The third kappa shape index (κ3) is 5.22. The molecule has 2 nitrogen and oxygen atoms in total. The summed E-state index contributed by atoms with van der Waals surface area (Å²) in [6.45, 7) is 4.85. The molecule has 0 aromatic heterocycles. The third-order valence-electron chi connectivity index (χ3n) is 1.18. The first-order chi connectivity index (χ1) is 4.66. The van der Waals surface area contributed by atoms with Gasteiger partial charge in [-0.05, 0) is 19.4 Å². The molecule has 10 heavy (non-hydrogen) atoms. The van der Waals surface area contributed by atoms with Gasteiger partial charge in [-0.1, -0.05) is 6.58 Å². The molecule has 0 amide bonds. The predicted molar refractivity (Wildman–Crippen MR) is 39.7 cm³/mol. The largest absolute Gasteiger partial charge is 0.300 e. The molecule has 0 radical (unpaired) electrons. The second-order valence-electron chi connectivity index (χ2n) is 2.23. The summed E-state index contributed by atoms with van der Waals surface area (Å²) in [6.07, 6.45) is 2.89. The first-order valence-corrected chi connectivity index (χ1v) is 3.31. The van der Waals surface area contributed by atoms with Crippen molar-refractivity contribution in [3.05, 3.63) is 12.7 Å². The fraction of sp³-hybridized carbons (Fsp3) is 0.500. The van der Waals surface area contributed by atoms with E-state index in [2.05, 4.69) is 6.58 Å². The summed E-state index contributed by atoms with van der Waals surface area (Å²) in [5.74, 6) is 0.151. The Labute approximate surface area is 60.9 Å². The summed E-state index contributed by atoms with van der Waals surface area (Å²) in [4.78, 5) is 20.9. The van der Waals surface area contributed by atoms with E-state index in [1.807, 2.05) is 0 Å². The van der Waals surface area contributed by atoms with E-state index in [-0.39, 0.29) is 11.6 Å². The molecule has 0 aromatic carbocycles. The fourth-order valence-corrected chi connectivity index (χ4v) is 0.614. The Bertz CT molecular complexity index is 147. The van der Waals surface area contributed by atoms with E-state index < -0.39 is 0 Å². The molecule has 56 valence electrons. The molecule has 0 saturated heterocycles. The van der Waals surface area contributed by atoms with Crippen LogP contribution >= 0.6 is 0 Å². The predicted octanol–water partition coefficient (Wildman–Crippen LogP) is 1.50. The number of Topliss-reactive ketones (excluding diaryl/α,β-unsaturated/α-hetero) is 1. The maximum Gasteiger partial charge on any atom is 0.155 e. The smallest absolute Gasteiger partial charge is 0.155 e. The summed E-state index contributed by atoms with van der Waals surface area (Å²) in [7, 11) is 0. The minimum Gasteiger partial charge on any atom is -0.300 e. The van der Waals surface area contributed by atoms with Crippen molar-refractivity contribution in [2.75, 3.05) is 0 Å². The Hall–Kier alpha value is -0.920. The van der Waals surface area contributed by atoms with Gasteiger partial charge in [-0.25, -0.2) is 0 Å². The number of hydrogen-bond donors (Lipinski definition) is 0. The standard InChI is InChI=1S/C8H12O2/c1-3-8(10)6-4-5-7(2)9/h3H,1,4-6H2,2H3. The van der Waals surface area contributed by atoms with Crippen molar-refractivity contribution in [1.29, 1.82) is 0 Å². The van der Waals surface area contributed by atoms with E-state index >= 15 is 0 Å². The van der Waals surface area contributed by atoms with Crippen LogP contribution in [0.3, 0.4) is 0 Å². The molecule has 0 heterocycles. The van der Waals surface area contributed by atoms with E-state index in [1.165, 1.54) is 13.0 Å². The van der Waals surface area contributed by atoms with Crippen LogP contribution in [-0.2, 0) is 9.59 Å². The number of hydrogen-bond acceptors (Lipinski definition) is 2. The zero-order valence-electron chi connectivity index (χ0n) is 6.22. The molecule has 0 unspecified atom stereocenters. The summed E-state index contributed by atoms with van der Waals surface area (Å²) in [6, 6.07) is 0. The first-order valence-electron chi connectivity index (χ1n) is 3.31. The molecule has 0 aliphatic heterocycles. The highest BCUT2D eigenvalue weighted by atomic mass is 16.1. The lowest BCUT2D eigenvalue weighted by atomic mass is 10.1. The van der Waals surface area contributed by atoms with Crippen LogP contribution in [0.15, 0.2) is 12.7 Å². The molecule has 2 heteroatoms. The molecule has 0 N–H and O–H groups in total. The Balaban J connectivity index is 3.28. The molecule has 0 rings (SSSR count). The summed E-state index contributed by atoms with van der Waals surface area (Å²) in [5, 5.41) is 0. The molecule has 0 spiro atoms. The number of ketones is 2. The highest BCUT2D eigenvalue weighted by Crippen LogP contribution is 1.97. The lowest BCUT2D eigenvalue weighted by molar-refractivity contribution is -0.117. The van der Waals surface area contributed by atoms with E-state index in [9.17, 15) is 9.59 Å². The van der Waals surface area contributed by atoms with Crippen LogP contribution < -0.4 is 0 Å². The third-order valence-corrected chi connectivity index (χ3v) is 1.18. The molecule has 0 aliphatic carbocycles. The normalized spacial score (nSPS) is 8.90. The number of rotatable bonds is 5. The fourth-order valence-electron chi connectivity index (χ4n) is 0.614. The monoisotopic (exact) mass is 140 g/mol. The minimum absolute atomic E-state index is 0.0150. The average Bonchev–Trinajstić information content (AvgIpc) is 1.87. The van der Waals surface area contributed by atoms with Crippen LogP contribution in [0.4, 0.5) is 0 Å². The van der Waals surface area contributed by atoms with Gasteiger partial charge in [0.05, 0.1) is 0 Å². The molecule has 0 aliphatic rings. The van der Waals surface area contributed by atoms with E-state index in [1.54, 1.807) is 0 Å². The van der Waals surface area contributed by atoms with Crippen molar-refractivity contribution in [3.63, 3.8) is 0 Å². The number of carbonyl (C=O) groups is 2. The van der Waals surface area contributed by atoms with Crippen molar-refractivity contribution in [3.8, 4) is 0 Å². The quantitative estimate of drug-likeness (QED) is 0.542. The Morgan fingerprint density at radius 2 is 2.00 bits per heavy atom. The summed E-state index contributed by atoms with van der Waals surface area (Å²) in [5.41, 5.74) is 0. The Morgan fingerprint density at radius 1 is 1.40 bits per heavy atom. The van der Waals surface area contributed by atoms with Gasteiger partial charge < -0.3 is 4.79 Å². The van der Waals surface area contributed by atoms with Crippen LogP contribution in [0.1, 0.15) is 26.2 Å². The van der Waals surface area contributed by atoms with Gasteiger partial charge in [0.15, 0.2) is 5.78 Å². The zero-order chi connectivity index (χ0) is 7.98. The minimum atomic E-state index is 0.0150. The van der Waals surface area contributed by atoms with Crippen molar-refractivity contribution < 1.29 is 9.59 Å². The second kappa shape index (κ2) is 4.91. The van der Waals surface area contributed by atoms with E-state index in [0.29, 0.717) is 19.3 Å². The van der Waals surface area contributed by atoms with E-state index in [4.69, 9.17) is 0 Å². The molecule has 0 saturated carbocycles. The van der Waals surface area contributed by atoms with Crippen LogP contribution in [0.25, 0.3) is 0 Å². The lowest BCUT2D eigenvalue weighted by Gasteiger charge is -1.91. The highest BCUT2D eigenvalue weighted by Gasteiger charge is 1.97. The zero-order valence-corrected chi connectivity index (χ0v) is 6.22. The SMILES string of the molecule is C=CC(=O)CCCC(C)=O. The molecule has 0 atom stereocenters. The van der Waals surface area contributed by atoms with Crippen LogP contribution in [0.5, 0.6) is 0 Å². The Morgan fingerprint density at radius 3 is 2.40 bits per heavy atom. The van der Waals surface area contributed by atoms with Crippen molar-refractivity contribution in [2.24, 2.45) is 0 Å². The van der Waals surface area contributed by atoms with Gasteiger partial charge in [0, 0.05) is 12.8 Å². The number of allylic oxidation sites excluding steroid dienone is 1. The van der Waals surface area contributed by atoms with Gasteiger partial charge in [-0.15, -0.1) is 0 Å². The topological polar surface area (TPSA) is 34.1 Å². The molecule has 0 bridgehead atoms. The summed E-state index contributed by atoms with van der Waals surface area (Å²) >= 11 is 0. The molecule has 0 fully saturated rings. The maximum absolute atomic E-state index is 10.6. The van der Waals surface area contributed by atoms with Crippen LogP contribution in [0.2, 0.25) is 0 Å². The summed E-state index contributed by atoms with van der Waals surface area (Å²) < 4.78 is 0. The maximum atomic E-state index is 10.6.